The first-order valence-electron chi connectivity index (χ1n) is 5.72. The zero-order valence-electron chi connectivity index (χ0n) is 9.93. The van der Waals surface area contributed by atoms with Crippen molar-refractivity contribution in [2.24, 2.45) is 0 Å². The van der Waals surface area contributed by atoms with E-state index in [0.29, 0.717) is 0 Å². The Kier molecular flexibility index (Phi) is 4.51. The van der Waals surface area contributed by atoms with E-state index in [9.17, 15) is 0 Å². The molecule has 0 saturated heterocycles. The minimum absolute atomic E-state index is 0.739. The molecule has 0 aliphatic rings. The highest BCUT2D eigenvalue weighted by Gasteiger charge is 1.95. The van der Waals surface area contributed by atoms with Crippen LogP contribution in [-0.2, 0) is 0 Å². The van der Waals surface area contributed by atoms with E-state index < -0.39 is 0 Å². The van der Waals surface area contributed by atoms with Crippen LogP contribution in [0, 0.1) is 6.92 Å². The second kappa shape index (κ2) is 6.36. The molecule has 17 heavy (non-hydrogen) atoms. The number of benzene rings is 2. The summed E-state index contributed by atoms with van der Waals surface area (Å²) in [6.07, 6.45) is 0. The Balaban J connectivity index is 1.73. The van der Waals surface area contributed by atoms with Gasteiger partial charge in [-0.1, -0.05) is 30.3 Å². The third kappa shape index (κ3) is 4.16. The highest BCUT2D eigenvalue weighted by Crippen LogP contribution is 2.17. The summed E-state index contributed by atoms with van der Waals surface area (Å²) >= 11 is 1.82. The fraction of sp³-hybridized carbons (Fsp3) is 0.200. The van der Waals surface area contributed by atoms with Crippen LogP contribution in [0.25, 0.3) is 0 Å². The summed E-state index contributed by atoms with van der Waals surface area (Å²) in [5.41, 5.74) is 1.23. The van der Waals surface area contributed by atoms with Crippen molar-refractivity contribution in [2.75, 3.05) is 12.4 Å². The Hall–Kier alpha value is -1.41. The molecule has 0 bridgehead atoms. The molecule has 0 radical (unpaired) electrons. The first-order valence-corrected chi connectivity index (χ1v) is 6.70. The summed E-state index contributed by atoms with van der Waals surface area (Å²) < 4.78 is 5.69. The highest BCUT2D eigenvalue weighted by atomic mass is 32.2. The van der Waals surface area contributed by atoms with E-state index in [4.69, 9.17) is 4.74 Å². The van der Waals surface area contributed by atoms with Crippen LogP contribution in [0.2, 0.25) is 0 Å². The van der Waals surface area contributed by atoms with E-state index in [0.717, 1.165) is 18.1 Å². The lowest BCUT2D eigenvalue weighted by molar-refractivity contribution is 0.344. The maximum atomic E-state index is 5.69. The summed E-state index contributed by atoms with van der Waals surface area (Å²) in [6.45, 7) is 2.81. The lowest BCUT2D eigenvalue weighted by atomic mass is 10.2. The number of rotatable bonds is 5. The minimum atomic E-state index is 0.739. The van der Waals surface area contributed by atoms with E-state index in [-0.39, 0.29) is 0 Å². The smallest absolute Gasteiger partial charge is 0.119 e. The Morgan fingerprint density at radius 1 is 1.00 bits per heavy atom. The molecular formula is C15H16OS. The Morgan fingerprint density at radius 2 is 1.82 bits per heavy atom. The number of hydrogen-bond donors (Lipinski definition) is 0. The maximum Gasteiger partial charge on any atom is 0.119 e. The predicted octanol–water partition coefficient (Wildman–Crippen LogP) is 4.17. The van der Waals surface area contributed by atoms with Crippen LogP contribution < -0.4 is 4.74 Å². The fourth-order valence-corrected chi connectivity index (χ4v) is 2.29. The second-order valence-corrected chi connectivity index (χ2v) is 4.99. The van der Waals surface area contributed by atoms with Gasteiger partial charge in [-0.2, -0.15) is 0 Å². The zero-order valence-corrected chi connectivity index (χ0v) is 10.7. The molecule has 0 fully saturated rings. The van der Waals surface area contributed by atoms with Crippen molar-refractivity contribution in [3.05, 3.63) is 60.2 Å². The molecule has 0 saturated carbocycles. The van der Waals surface area contributed by atoms with Crippen molar-refractivity contribution < 1.29 is 4.74 Å². The van der Waals surface area contributed by atoms with Crippen LogP contribution >= 0.6 is 11.8 Å². The summed E-state index contributed by atoms with van der Waals surface area (Å²) in [4.78, 5) is 1.29. The van der Waals surface area contributed by atoms with Gasteiger partial charge in [0.25, 0.3) is 0 Å². The van der Waals surface area contributed by atoms with Gasteiger partial charge in [-0.25, -0.2) is 0 Å². The van der Waals surface area contributed by atoms with Gasteiger partial charge >= 0.3 is 0 Å². The molecule has 0 amide bonds. The quantitative estimate of drug-likeness (QED) is 0.577. The van der Waals surface area contributed by atoms with Crippen LogP contribution in [0.3, 0.4) is 0 Å². The van der Waals surface area contributed by atoms with Gasteiger partial charge in [0, 0.05) is 10.6 Å². The van der Waals surface area contributed by atoms with Crippen LogP contribution in [0.5, 0.6) is 5.75 Å². The molecule has 1 nitrogen and oxygen atoms in total. The Labute approximate surface area is 107 Å². The molecule has 2 aromatic carbocycles. The van der Waals surface area contributed by atoms with Gasteiger partial charge in [-0.05, 0) is 36.8 Å². The van der Waals surface area contributed by atoms with Gasteiger partial charge in [0.05, 0.1) is 6.61 Å². The van der Waals surface area contributed by atoms with E-state index in [1.807, 2.05) is 30.0 Å². The van der Waals surface area contributed by atoms with Gasteiger partial charge in [-0.3, -0.25) is 0 Å². The zero-order chi connectivity index (χ0) is 11.9. The van der Waals surface area contributed by atoms with Crippen LogP contribution in [-0.4, -0.2) is 12.4 Å². The topological polar surface area (TPSA) is 9.23 Å². The summed E-state index contributed by atoms with van der Waals surface area (Å²) in [7, 11) is 0. The molecule has 0 heterocycles. The average Bonchev–Trinajstić information content (AvgIpc) is 2.36. The van der Waals surface area contributed by atoms with Gasteiger partial charge in [-0.15, -0.1) is 11.8 Å². The largest absolute Gasteiger partial charge is 0.493 e. The van der Waals surface area contributed by atoms with Crippen LogP contribution in [0.1, 0.15) is 5.56 Å². The lowest BCUT2D eigenvalue weighted by Crippen LogP contribution is -1.99. The predicted molar refractivity (Wildman–Crippen MR) is 73.8 cm³/mol. The standard InChI is InChI=1S/C15H16OS/c1-13-6-5-7-14(12-13)16-10-11-17-15-8-3-2-4-9-15/h2-9,12H,10-11H2,1H3. The van der Waals surface area contributed by atoms with E-state index in [1.54, 1.807) is 0 Å². The first-order chi connectivity index (χ1) is 8.34. The number of thioether (sulfide) groups is 1. The molecule has 0 aliphatic heterocycles. The lowest BCUT2D eigenvalue weighted by Gasteiger charge is -2.06. The Bertz CT molecular complexity index is 453. The van der Waals surface area contributed by atoms with Crippen LogP contribution in [0.4, 0.5) is 0 Å². The normalized spacial score (nSPS) is 10.2. The van der Waals surface area contributed by atoms with Crippen molar-refractivity contribution in [1.82, 2.24) is 0 Å². The van der Waals surface area contributed by atoms with Gasteiger partial charge in [0.2, 0.25) is 0 Å². The molecule has 0 N–H and O–H groups in total. The molecule has 88 valence electrons. The first kappa shape index (κ1) is 12.1. The Morgan fingerprint density at radius 3 is 2.59 bits per heavy atom. The molecule has 0 atom stereocenters. The average molecular weight is 244 g/mol. The van der Waals surface area contributed by atoms with Gasteiger partial charge < -0.3 is 4.74 Å². The van der Waals surface area contributed by atoms with Crippen molar-refractivity contribution >= 4 is 11.8 Å². The molecule has 2 rings (SSSR count). The monoisotopic (exact) mass is 244 g/mol. The van der Waals surface area contributed by atoms with Crippen molar-refractivity contribution in [3.63, 3.8) is 0 Å². The molecule has 0 aliphatic carbocycles. The minimum Gasteiger partial charge on any atom is -0.493 e. The molecule has 0 aromatic heterocycles. The third-order valence-corrected chi connectivity index (χ3v) is 3.33. The van der Waals surface area contributed by atoms with Gasteiger partial charge in [0.15, 0.2) is 0 Å². The molecule has 0 unspecified atom stereocenters. The summed E-state index contributed by atoms with van der Waals surface area (Å²) in [5, 5.41) is 0. The molecular weight excluding hydrogens is 228 g/mol. The highest BCUT2D eigenvalue weighted by molar-refractivity contribution is 7.99. The third-order valence-electron chi connectivity index (χ3n) is 2.35. The molecule has 2 aromatic rings. The van der Waals surface area contributed by atoms with E-state index >= 15 is 0 Å². The summed E-state index contributed by atoms with van der Waals surface area (Å²) in [6, 6.07) is 18.6. The van der Waals surface area contributed by atoms with E-state index in [2.05, 4.69) is 43.3 Å². The summed E-state index contributed by atoms with van der Waals surface area (Å²) in [5.74, 6) is 1.93. The number of aryl methyl sites for hydroxylation is 1. The van der Waals surface area contributed by atoms with Crippen molar-refractivity contribution in [1.29, 1.82) is 0 Å². The van der Waals surface area contributed by atoms with Crippen LogP contribution in [0.15, 0.2) is 59.5 Å². The molecule has 2 heteroatoms. The second-order valence-electron chi connectivity index (χ2n) is 3.83. The van der Waals surface area contributed by atoms with E-state index in [1.165, 1.54) is 10.5 Å². The molecule has 0 spiro atoms. The number of hydrogen-bond acceptors (Lipinski definition) is 2. The van der Waals surface area contributed by atoms with Gasteiger partial charge in [0.1, 0.15) is 5.75 Å². The SMILES string of the molecule is Cc1cccc(OCCSc2ccccc2)c1. The van der Waals surface area contributed by atoms with Crippen molar-refractivity contribution in [2.45, 2.75) is 11.8 Å². The van der Waals surface area contributed by atoms with Crippen molar-refractivity contribution in [3.8, 4) is 5.75 Å². The maximum absolute atomic E-state index is 5.69. The number of ether oxygens (including phenoxy) is 1. The fourth-order valence-electron chi connectivity index (χ4n) is 1.54.